The molecule has 44 heavy (non-hydrogen) atoms. The van der Waals surface area contributed by atoms with Crippen molar-refractivity contribution >= 4 is 45.4 Å². The van der Waals surface area contributed by atoms with Crippen molar-refractivity contribution < 1.29 is 13.2 Å². The SMILES string of the molecule is CS(=O)(=O)Nc1ccc(Oc2ccc(CN3CCC(N(Cc4ccccc4)C(=S)NCC4CCCCC4)CC3)cc2)cc1.Cl. The predicted molar refractivity (Wildman–Crippen MR) is 186 cm³/mol. The van der Waals surface area contributed by atoms with Gasteiger partial charge in [-0.05, 0) is 91.3 Å². The van der Waals surface area contributed by atoms with Gasteiger partial charge in [0.25, 0.3) is 0 Å². The first kappa shape index (κ1) is 34.0. The first-order valence-electron chi connectivity index (χ1n) is 15.5. The fourth-order valence-electron chi connectivity index (χ4n) is 6.12. The molecule has 7 nitrogen and oxygen atoms in total. The van der Waals surface area contributed by atoms with Crippen LogP contribution >= 0.6 is 24.6 Å². The zero-order valence-electron chi connectivity index (χ0n) is 25.5. The lowest BCUT2D eigenvalue weighted by Gasteiger charge is -2.40. The van der Waals surface area contributed by atoms with Gasteiger partial charge in [-0.3, -0.25) is 9.62 Å². The zero-order chi connectivity index (χ0) is 30.1. The second-order valence-electron chi connectivity index (χ2n) is 12.0. The Balaban J connectivity index is 0.00000442. The van der Waals surface area contributed by atoms with E-state index in [4.69, 9.17) is 17.0 Å². The number of sulfonamides is 1. The van der Waals surface area contributed by atoms with Crippen LogP contribution in [0.25, 0.3) is 0 Å². The molecule has 0 amide bonds. The minimum absolute atomic E-state index is 0. The van der Waals surface area contributed by atoms with E-state index in [1.165, 1.54) is 43.2 Å². The number of anilines is 1. The number of benzene rings is 3. The van der Waals surface area contributed by atoms with Gasteiger partial charge in [-0.15, -0.1) is 12.4 Å². The Labute approximate surface area is 274 Å². The van der Waals surface area contributed by atoms with E-state index < -0.39 is 10.0 Å². The van der Waals surface area contributed by atoms with Crippen LogP contribution in [0.3, 0.4) is 0 Å². The second kappa shape index (κ2) is 16.5. The van der Waals surface area contributed by atoms with Crippen molar-refractivity contribution in [2.75, 3.05) is 30.6 Å². The van der Waals surface area contributed by atoms with E-state index in [1.807, 2.05) is 12.1 Å². The molecule has 10 heteroatoms. The Morgan fingerprint density at radius 2 is 1.48 bits per heavy atom. The molecule has 5 rings (SSSR count). The number of piperidine rings is 1. The number of thiocarbonyl (C=S) groups is 1. The van der Waals surface area contributed by atoms with Gasteiger partial charge >= 0.3 is 0 Å². The number of rotatable bonds is 11. The Bertz CT molecular complexity index is 1410. The number of ether oxygens (including phenoxy) is 1. The molecule has 0 aromatic heterocycles. The van der Waals surface area contributed by atoms with Gasteiger partial charge < -0.3 is 15.0 Å². The minimum Gasteiger partial charge on any atom is -0.457 e. The van der Waals surface area contributed by atoms with E-state index in [1.54, 1.807) is 24.3 Å². The molecule has 0 radical (unpaired) electrons. The molecule has 1 aliphatic heterocycles. The van der Waals surface area contributed by atoms with Crippen molar-refractivity contribution in [3.8, 4) is 11.5 Å². The smallest absolute Gasteiger partial charge is 0.229 e. The topological polar surface area (TPSA) is 73.9 Å². The summed E-state index contributed by atoms with van der Waals surface area (Å²) in [4.78, 5) is 4.97. The van der Waals surface area contributed by atoms with Crippen molar-refractivity contribution in [3.63, 3.8) is 0 Å². The number of halogens is 1. The van der Waals surface area contributed by atoms with Crippen molar-refractivity contribution in [3.05, 3.63) is 90.0 Å². The van der Waals surface area contributed by atoms with E-state index in [2.05, 4.69) is 62.3 Å². The third kappa shape index (κ3) is 10.6. The van der Waals surface area contributed by atoms with E-state index in [0.29, 0.717) is 17.5 Å². The first-order valence-corrected chi connectivity index (χ1v) is 17.8. The molecule has 3 aromatic rings. The third-order valence-electron chi connectivity index (χ3n) is 8.44. The monoisotopic (exact) mass is 656 g/mol. The van der Waals surface area contributed by atoms with Crippen LogP contribution in [0.2, 0.25) is 0 Å². The molecule has 1 heterocycles. The van der Waals surface area contributed by atoms with Gasteiger partial charge in [0.15, 0.2) is 5.11 Å². The molecule has 0 bridgehead atoms. The number of nitrogens with zero attached hydrogens (tertiary/aromatic N) is 2. The fourth-order valence-corrected chi connectivity index (χ4v) is 6.98. The van der Waals surface area contributed by atoms with Crippen molar-refractivity contribution in [2.24, 2.45) is 5.92 Å². The lowest BCUT2D eigenvalue weighted by molar-refractivity contribution is 0.143. The molecule has 1 saturated heterocycles. The second-order valence-corrected chi connectivity index (χ2v) is 14.1. The van der Waals surface area contributed by atoms with Crippen LogP contribution < -0.4 is 14.8 Å². The van der Waals surface area contributed by atoms with Gasteiger partial charge in [0, 0.05) is 44.5 Å². The largest absolute Gasteiger partial charge is 0.457 e. The Kier molecular flexibility index (Phi) is 12.7. The summed E-state index contributed by atoms with van der Waals surface area (Å²) in [5.74, 6) is 2.14. The molecule has 1 aliphatic carbocycles. The first-order chi connectivity index (χ1) is 20.8. The fraction of sp³-hybridized carbons (Fsp3) is 0.441. The summed E-state index contributed by atoms with van der Waals surface area (Å²) >= 11 is 6.01. The summed E-state index contributed by atoms with van der Waals surface area (Å²) in [6.07, 6.45) is 10.0. The van der Waals surface area contributed by atoms with Crippen LogP contribution in [-0.2, 0) is 23.1 Å². The molecule has 2 aliphatic rings. The predicted octanol–water partition coefficient (Wildman–Crippen LogP) is 7.19. The third-order valence-corrected chi connectivity index (χ3v) is 9.43. The van der Waals surface area contributed by atoms with Gasteiger partial charge in [-0.2, -0.15) is 0 Å². The average molecular weight is 657 g/mol. The lowest BCUT2D eigenvalue weighted by atomic mass is 9.89. The lowest BCUT2D eigenvalue weighted by Crippen LogP contribution is -2.50. The van der Waals surface area contributed by atoms with Crippen molar-refractivity contribution in [1.82, 2.24) is 15.1 Å². The summed E-state index contributed by atoms with van der Waals surface area (Å²) in [6.45, 7) is 4.82. The number of likely N-dealkylation sites (tertiary alicyclic amines) is 1. The highest BCUT2D eigenvalue weighted by Crippen LogP contribution is 2.26. The summed E-state index contributed by atoms with van der Waals surface area (Å²) in [5, 5.41) is 4.57. The molecular weight excluding hydrogens is 612 g/mol. The summed E-state index contributed by atoms with van der Waals surface area (Å²) in [6, 6.07) is 26.2. The summed E-state index contributed by atoms with van der Waals surface area (Å²) in [5.41, 5.74) is 3.06. The highest BCUT2D eigenvalue weighted by atomic mass is 35.5. The highest BCUT2D eigenvalue weighted by Gasteiger charge is 2.27. The molecule has 2 fully saturated rings. The summed E-state index contributed by atoms with van der Waals surface area (Å²) < 4.78 is 31.2. The molecule has 1 saturated carbocycles. The minimum atomic E-state index is -3.30. The van der Waals surface area contributed by atoms with Gasteiger partial charge in [0.2, 0.25) is 10.0 Å². The van der Waals surface area contributed by atoms with Crippen LogP contribution in [0.15, 0.2) is 78.9 Å². The van der Waals surface area contributed by atoms with Gasteiger partial charge in [-0.25, -0.2) is 8.42 Å². The van der Waals surface area contributed by atoms with Crippen LogP contribution in [-0.4, -0.2) is 55.3 Å². The zero-order valence-corrected chi connectivity index (χ0v) is 27.9. The number of hydrogen-bond donors (Lipinski definition) is 2. The van der Waals surface area contributed by atoms with E-state index >= 15 is 0 Å². The molecule has 238 valence electrons. The van der Waals surface area contributed by atoms with E-state index in [9.17, 15) is 8.42 Å². The maximum absolute atomic E-state index is 11.4. The Morgan fingerprint density at radius 3 is 2.09 bits per heavy atom. The normalized spacial score (nSPS) is 16.5. The van der Waals surface area contributed by atoms with Crippen molar-refractivity contribution in [1.29, 1.82) is 0 Å². The van der Waals surface area contributed by atoms with Crippen LogP contribution in [0, 0.1) is 5.92 Å². The Hall–Kier alpha value is -2.85. The van der Waals surface area contributed by atoms with Crippen molar-refractivity contribution in [2.45, 2.75) is 64.1 Å². The average Bonchev–Trinajstić information content (AvgIpc) is 3.01. The van der Waals surface area contributed by atoms with Crippen LogP contribution in [0.4, 0.5) is 5.69 Å². The maximum atomic E-state index is 11.4. The van der Waals surface area contributed by atoms with E-state index in [0.717, 1.165) is 68.6 Å². The molecular formula is C34H45ClN4O3S2. The Morgan fingerprint density at radius 1 is 0.864 bits per heavy atom. The summed E-state index contributed by atoms with van der Waals surface area (Å²) in [7, 11) is -3.30. The maximum Gasteiger partial charge on any atom is 0.229 e. The molecule has 0 atom stereocenters. The van der Waals surface area contributed by atoms with E-state index in [-0.39, 0.29) is 12.4 Å². The standard InChI is InChI=1S/C34H44N4O3S2.ClH/c1-43(39,40)36-30-14-18-33(19-15-30)41-32-16-12-29(13-17-32)25-37-22-20-31(21-23-37)38(26-28-10-6-3-7-11-28)34(42)35-24-27-8-4-2-5-9-27;/h3,6-7,10-19,27,31,36H,2,4-5,8-9,20-26H2,1H3,(H,35,42);1H. The molecule has 3 aromatic carbocycles. The highest BCUT2D eigenvalue weighted by molar-refractivity contribution is 7.92. The molecule has 0 spiro atoms. The van der Waals surface area contributed by atoms with Gasteiger partial charge in [0.1, 0.15) is 11.5 Å². The molecule has 2 N–H and O–H groups in total. The number of hydrogen-bond acceptors (Lipinski definition) is 5. The molecule has 0 unspecified atom stereocenters. The van der Waals surface area contributed by atoms with Crippen LogP contribution in [0.5, 0.6) is 11.5 Å². The quantitative estimate of drug-likeness (QED) is 0.212. The van der Waals surface area contributed by atoms with Gasteiger partial charge in [-0.1, -0.05) is 61.7 Å². The van der Waals surface area contributed by atoms with Gasteiger partial charge in [0.05, 0.1) is 6.26 Å². The number of nitrogens with one attached hydrogen (secondary N) is 2. The van der Waals surface area contributed by atoms with Crippen LogP contribution in [0.1, 0.15) is 56.1 Å².